The van der Waals surface area contributed by atoms with E-state index in [1.165, 1.54) is 12.7 Å². The highest BCUT2D eigenvalue weighted by Crippen LogP contribution is 2.32. The van der Waals surface area contributed by atoms with Crippen molar-refractivity contribution in [2.24, 2.45) is 11.8 Å². The highest BCUT2D eigenvalue weighted by Gasteiger charge is 2.37. The summed E-state index contributed by atoms with van der Waals surface area (Å²) < 4.78 is 12.0. The van der Waals surface area contributed by atoms with Gasteiger partial charge in [-0.1, -0.05) is 22.9 Å². The number of ether oxygens (including phenoxy) is 2. The Morgan fingerprint density at radius 3 is 3.05 bits per heavy atom. The van der Waals surface area contributed by atoms with Gasteiger partial charge in [-0.25, -0.2) is 0 Å². The van der Waals surface area contributed by atoms with Crippen molar-refractivity contribution < 1.29 is 14.3 Å². The molecule has 5 heteroatoms. The number of likely N-dealkylation sites (tertiary alicyclic amines) is 1. The molecule has 3 unspecified atom stereocenters. The largest absolute Gasteiger partial charge is 0.488 e. The lowest BCUT2D eigenvalue weighted by molar-refractivity contribution is -0.146. The number of hydrogen-bond donors (Lipinski definition) is 0. The Balaban J connectivity index is 1.59. The van der Waals surface area contributed by atoms with E-state index in [4.69, 9.17) is 9.47 Å². The second kappa shape index (κ2) is 5.97. The van der Waals surface area contributed by atoms with Crippen molar-refractivity contribution in [2.45, 2.75) is 19.4 Å². The van der Waals surface area contributed by atoms with E-state index in [-0.39, 0.29) is 18.0 Å². The summed E-state index contributed by atoms with van der Waals surface area (Å²) in [6.45, 7) is 4.68. The van der Waals surface area contributed by atoms with Crippen LogP contribution in [-0.2, 0) is 16.0 Å². The molecule has 0 aromatic heterocycles. The molecule has 2 aliphatic rings. The fraction of sp³-hybridized carbons (Fsp3) is 0.562. The van der Waals surface area contributed by atoms with Crippen LogP contribution >= 0.6 is 15.9 Å². The molecule has 0 radical (unpaired) electrons. The van der Waals surface area contributed by atoms with Crippen LogP contribution in [0.1, 0.15) is 12.5 Å². The van der Waals surface area contributed by atoms with Gasteiger partial charge >= 0.3 is 5.97 Å². The maximum atomic E-state index is 11.7. The van der Waals surface area contributed by atoms with Crippen molar-refractivity contribution >= 4 is 21.9 Å². The molecule has 3 rings (SSSR count). The number of benzene rings is 1. The van der Waals surface area contributed by atoms with E-state index < -0.39 is 0 Å². The third-order valence-corrected chi connectivity index (χ3v) is 4.91. The Morgan fingerprint density at radius 1 is 1.48 bits per heavy atom. The quantitative estimate of drug-likeness (QED) is 0.782. The first-order valence-electron chi connectivity index (χ1n) is 7.32. The molecule has 0 aliphatic carbocycles. The number of rotatable bonds is 3. The van der Waals surface area contributed by atoms with Crippen molar-refractivity contribution in [3.8, 4) is 5.75 Å². The van der Waals surface area contributed by atoms with Crippen molar-refractivity contribution in [1.82, 2.24) is 4.90 Å². The Labute approximate surface area is 133 Å². The number of methoxy groups -OCH3 is 1. The maximum absolute atomic E-state index is 11.7. The summed E-state index contributed by atoms with van der Waals surface area (Å²) in [7, 11) is 1.46. The molecular weight excluding hydrogens is 334 g/mol. The molecule has 114 valence electrons. The lowest BCUT2D eigenvalue weighted by Gasteiger charge is -2.20. The topological polar surface area (TPSA) is 38.8 Å². The Hall–Kier alpha value is -1.07. The highest BCUT2D eigenvalue weighted by molar-refractivity contribution is 9.10. The molecule has 4 nitrogen and oxygen atoms in total. The lowest BCUT2D eigenvalue weighted by Crippen LogP contribution is -2.34. The third-order valence-electron chi connectivity index (χ3n) is 4.42. The zero-order valence-corrected chi connectivity index (χ0v) is 13.9. The van der Waals surface area contributed by atoms with E-state index in [0.717, 1.165) is 36.3 Å². The number of hydrogen-bond acceptors (Lipinski definition) is 4. The number of fused-ring (bicyclic) bond motifs is 1. The van der Waals surface area contributed by atoms with Crippen LogP contribution in [-0.4, -0.2) is 43.7 Å². The summed E-state index contributed by atoms with van der Waals surface area (Å²) in [6.07, 6.45) is 1.11. The average molecular weight is 354 g/mol. The number of halogens is 1. The average Bonchev–Trinajstić information content (AvgIpc) is 3.00. The summed E-state index contributed by atoms with van der Waals surface area (Å²) in [4.78, 5) is 14.1. The fourth-order valence-electron chi connectivity index (χ4n) is 3.35. The standard InChI is InChI=1S/C16H20BrNO3/c1-10-7-18(9-14(10)16(19)20-2)8-13-6-11-5-12(17)3-4-15(11)21-13/h3-5,10,13-14H,6-9H2,1-2H3. The second-order valence-corrected chi connectivity index (χ2v) is 6.94. The minimum absolute atomic E-state index is 0.00655. The molecule has 1 saturated heterocycles. The van der Waals surface area contributed by atoms with Gasteiger partial charge in [-0.3, -0.25) is 9.69 Å². The first kappa shape index (κ1) is 14.9. The molecule has 1 fully saturated rings. The minimum Gasteiger partial charge on any atom is -0.488 e. The summed E-state index contributed by atoms with van der Waals surface area (Å²) in [6, 6.07) is 6.15. The summed E-state index contributed by atoms with van der Waals surface area (Å²) >= 11 is 3.50. The van der Waals surface area contributed by atoms with Gasteiger partial charge in [0.25, 0.3) is 0 Å². The molecule has 0 saturated carbocycles. The van der Waals surface area contributed by atoms with E-state index in [9.17, 15) is 4.79 Å². The first-order chi connectivity index (χ1) is 10.1. The van der Waals surface area contributed by atoms with Crippen LogP contribution in [0.4, 0.5) is 0 Å². The van der Waals surface area contributed by atoms with Gasteiger partial charge in [0.2, 0.25) is 0 Å². The summed E-state index contributed by atoms with van der Waals surface area (Å²) in [5, 5.41) is 0. The molecule has 2 aliphatic heterocycles. The third kappa shape index (κ3) is 3.09. The predicted octanol–water partition coefficient (Wildman–Crippen LogP) is 2.49. The summed E-state index contributed by atoms with van der Waals surface area (Å²) in [5.74, 6) is 1.23. The number of carbonyl (C=O) groups excluding carboxylic acids is 1. The van der Waals surface area contributed by atoms with Gasteiger partial charge in [0.1, 0.15) is 11.9 Å². The normalized spacial score (nSPS) is 28.2. The fourth-order valence-corrected chi connectivity index (χ4v) is 3.76. The number of carbonyl (C=O) groups is 1. The van der Waals surface area contributed by atoms with E-state index in [2.05, 4.69) is 33.8 Å². The maximum Gasteiger partial charge on any atom is 0.310 e. The van der Waals surface area contributed by atoms with E-state index in [1.54, 1.807) is 0 Å². The van der Waals surface area contributed by atoms with E-state index in [1.807, 2.05) is 12.1 Å². The number of nitrogens with zero attached hydrogens (tertiary/aromatic N) is 1. The molecule has 3 atom stereocenters. The molecule has 0 bridgehead atoms. The molecule has 21 heavy (non-hydrogen) atoms. The zero-order valence-electron chi connectivity index (χ0n) is 12.3. The molecule has 2 heterocycles. The van der Waals surface area contributed by atoms with Gasteiger partial charge in [0, 0.05) is 30.5 Å². The van der Waals surface area contributed by atoms with Crippen LogP contribution in [0, 0.1) is 11.8 Å². The van der Waals surface area contributed by atoms with E-state index >= 15 is 0 Å². The van der Waals surface area contributed by atoms with Gasteiger partial charge in [-0.15, -0.1) is 0 Å². The van der Waals surface area contributed by atoms with Crippen molar-refractivity contribution in [2.75, 3.05) is 26.7 Å². The Kier molecular flexibility index (Phi) is 4.22. The molecular formula is C16H20BrNO3. The van der Waals surface area contributed by atoms with Gasteiger partial charge in [-0.2, -0.15) is 0 Å². The van der Waals surface area contributed by atoms with Crippen molar-refractivity contribution in [3.05, 3.63) is 28.2 Å². The van der Waals surface area contributed by atoms with Gasteiger partial charge in [-0.05, 0) is 29.7 Å². The molecule has 1 aromatic rings. The van der Waals surface area contributed by atoms with Crippen molar-refractivity contribution in [3.63, 3.8) is 0 Å². The summed E-state index contributed by atoms with van der Waals surface area (Å²) in [5.41, 5.74) is 1.26. The minimum atomic E-state index is -0.0930. The SMILES string of the molecule is COC(=O)C1CN(CC2Cc3cc(Br)ccc3O2)CC1C. The predicted molar refractivity (Wildman–Crippen MR) is 83.4 cm³/mol. The first-order valence-corrected chi connectivity index (χ1v) is 8.11. The van der Waals surface area contributed by atoms with Gasteiger partial charge < -0.3 is 9.47 Å². The van der Waals surface area contributed by atoms with Crippen molar-refractivity contribution in [1.29, 1.82) is 0 Å². The van der Waals surface area contributed by atoms with E-state index in [0.29, 0.717) is 5.92 Å². The van der Waals surface area contributed by atoms with Crippen LogP contribution in [0.5, 0.6) is 5.75 Å². The number of esters is 1. The molecule has 0 spiro atoms. The van der Waals surface area contributed by atoms with Gasteiger partial charge in [0.05, 0.1) is 13.0 Å². The van der Waals surface area contributed by atoms with Crippen LogP contribution in [0.3, 0.4) is 0 Å². The van der Waals surface area contributed by atoms with Crippen LogP contribution in [0.15, 0.2) is 22.7 Å². The molecule has 0 N–H and O–H groups in total. The molecule has 1 aromatic carbocycles. The Morgan fingerprint density at radius 2 is 2.29 bits per heavy atom. The van der Waals surface area contributed by atoms with Crippen LogP contribution in [0.25, 0.3) is 0 Å². The van der Waals surface area contributed by atoms with Crippen LogP contribution < -0.4 is 4.74 Å². The lowest BCUT2D eigenvalue weighted by atomic mass is 9.99. The zero-order chi connectivity index (χ0) is 15.0. The van der Waals surface area contributed by atoms with Crippen LogP contribution in [0.2, 0.25) is 0 Å². The Bertz CT molecular complexity index is 548. The van der Waals surface area contributed by atoms with Gasteiger partial charge in [0.15, 0.2) is 0 Å². The second-order valence-electron chi connectivity index (χ2n) is 6.02. The molecule has 0 amide bonds. The monoisotopic (exact) mass is 353 g/mol. The smallest absolute Gasteiger partial charge is 0.310 e. The highest BCUT2D eigenvalue weighted by atomic mass is 79.9.